The summed E-state index contributed by atoms with van der Waals surface area (Å²) in [5.74, 6) is 0.503. The maximum Gasteiger partial charge on any atom is 0.353 e. The third kappa shape index (κ3) is 2.89. The fraction of sp³-hybridized carbons (Fsp3) is 0.353. The van der Waals surface area contributed by atoms with Gasteiger partial charge in [-0.05, 0) is 25.5 Å². The molecular weight excluding hydrogens is 332 g/mol. The number of aromatic nitrogens is 2. The van der Waals surface area contributed by atoms with Crippen LogP contribution in [-0.2, 0) is 6.54 Å². The van der Waals surface area contributed by atoms with E-state index in [1.54, 1.807) is 18.2 Å². The Morgan fingerprint density at radius 2 is 2.04 bits per heavy atom. The molecule has 0 aromatic heterocycles. The molecule has 7 heteroatoms. The highest BCUT2D eigenvalue weighted by molar-refractivity contribution is 6.32. The Morgan fingerprint density at radius 1 is 1.25 bits per heavy atom. The average molecular weight is 349 g/mol. The summed E-state index contributed by atoms with van der Waals surface area (Å²) in [5, 5.41) is 1.08. The molecule has 126 valence electrons. The Labute approximate surface area is 143 Å². The Bertz CT molecular complexity index is 977. The first-order valence-electron chi connectivity index (χ1n) is 7.86. The van der Waals surface area contributed by atoms with Crippen LogP contribution in [0.25, 0.3) is 22.4 Å². The molecule has 0 atom stereocenters. The van der Waals surface area contributed by atoms with Crippen LogP contribution in [0.3, 0.4) is 0 Å². The molecule has 0 N–H and O–H groups in total. The molecule has 0 fully saturated rings. The summed E-state index contributed by atoms with van der Waals surface area (Å²) in [6.45, 7) is 4.65. The average Bonchev–Trinajstić information content (AvgIpc) is 2.55. The number of ether oxygens (including phenoxy) is 1. The van der Waals surface area contributed by atoms with Crippen molar-refractivity contribution in [1.82, 2.24) is 9.55 Å². The van der Waals surface area contributed by atoms with E-state index < -0.39 is 11.2 Å². The lowest BCUT2D eigenvalue weighted by Crippen LogP contribution is -2.36. The van der Waals surface area contributed by atoms with E-state index in [2.05, 4.69) is 4.98 Å². The Hall–Kier alpha value is -2.34. The lowest BCUT2D eigenvalue weighted by molar-refractivity contribution is 0.340. The number of fused-ring (bicyclic) bond motifs is 2. The quantitative estimate of drug-likeness (QED) is 0.661. The predicted octanol–water partition coefficient (Wildman–Crippen LogP) is 3.31. The van der Waals surface area contributed by atoms with Crippen LogP contribution in [0.2, 0.25) is 5.02 Å². The molecular formula is C17H17ClN2O4. The van der Waals surface area contributed by atoms with Crippen LogP contribution >= 0.6 is 11.6 Å². The summed E-state index contributed by atoms with van der Waals surface area (Å²) < 4.78 is 12.2. The Morgan fingerprint density at radius 3 is 2.75 bits per heavy atom. The van der Waals surface area contributed by atoms with Crippen molar-refractivity contribution in [3.05, 3.63) is 44.1 Å². The number of hydrogen-bond acceptors (Lipinski definition) is 5. The molecule has 2 heterocycles. The normalized spacial score (nSPS) is 11.3. The summed E-state index contributed by atoms with van der Waals surface area (Å²) in [6.07, 6.45) is 1.61. The summed E-state index contributed by atoms with van der Waals surface area (Å²) in [6, 6.07) is 4.95. The summed E-state index contributed by atoms with van der Waals surface area (Å²) in [5.41, 5.74) is -0.274. The van der Waals surface area contributed by atoms with Gasteiger partial charge in [0.2, 0.25) is 5.89 Å². The minimum absolute atomic E-state index is 0.0232. The van der Waals surface area contributed by atoms with Gasteiger partial charge in [-0.15, -0.1) is 0 Å². The summed E-state index contributed by atoms with van der Waals surface area (Å²) in [4.78, 5) is 28.5. The van der Waals surface area contributed by atoms with Gasteiger partial charge in [0, 0.05) is 18.0 Å². The molecule has 24 heavy (non-hydrogen) atoms. The first kappa shape index (κ1) is 16.5. The van der Waals surface area contributed by atoms with Crippen molar-refractivity contribution < 1.29 is 9.15 Å². The third-order valence-corrected chi connectivity index (χ3v) is 4.04. The second-order valence-corrected chi connectivity index (χ2v) is 5.83. The van der Waals surface area contributed by atoms with Gasteiger partial charge in [0.1, 0.15) is 16.9 Å². The topological polar surface area (TPSA) is 74.3 Å². The Balaban J connectivity index is 2.25. The highest BCUT2D eigenvalue weighted by atomic mass is 35.5. The molecule has 0 spiro atoms. The van der Waals surface area contributed by atoms with E-state index in [1.165, 1.54) is 0 Å². The van der Waals surface area contributed by atoms with Gasteiger partial charge in [0.05, 0.1) is 11.6 Å². The maximum absolute atomic E-state index is 12.6. The van der Waals surface area contributed by atoms with E-state index in [9.17, 15) is 9.59 Å². The van der Waals surface area contributed by atoms with Gasteiger partial charge in [0.25, 0.3) is 5.56 Å². The molecule has 1 aromatic rings. The molecule has 0 amide bonds. The van der Waals surface area contributed by atoms with Crippen LogP contribution in [0, 0.1) is 0 Å². The first-order valence-corrected chi connectivity index (χ1v) is 8.23. The van der Waals surface area contributed by atoms with Gasteiger partial charge < -0.3 is 9.15 Å². The van der Waals surface area contributed by atoms with E-state index in [1.807, 2.05) is 13.8 Å². The zero-order valence-electron chi connectivity index (χ0n) is 13.5. The molecule has 6 nitrogen and oxygen atoms in total. The van der Waals surface area contributed by atoms with Crippen molar-refractivity contribution >= 4 is 22.6 Å². The van der Waals surface area contributed by atoms with E-state index >= 15 is 0 Å². The van der Waals surface area contributed by atoms with Crippen LogP contribution in [0.5, 0.6) is 5.75 Å². The molecule has 3 rings (SSSR count). The smallest absolute Gasteiger partial charge is 0.353 e. The van der Waals surface area contributed by atoms with Crippen molar-refractivity contribution in [2.45, 2.75) is 33.2 Å². The lowest BCUT2D eigenvalue weighted by atomic mass is 10.1. The SMILES string of the molecule is CCCCn1c(=O)nc2oc3cc(OCC)c(Cl)cc3cc-2c1=O. The van der Waals surface area contributed by atoms with Crippen molar-refractivity contribution in [3.63, 3.8) is 0 Å². The number of benzene rings is 1. The molecule has 0 saturated carbocycles. The second-order valence-electron chi connectivity index (χ2n) is 5.42. The highest BCUT2D eigenvalue weighted by Crippen LogP contribution is 2.32. The minimum atomic E-state index is -0.594. The third-order valence-electron chi connectivity index (χ3n) is 3.74. The van der Waals surface area contributed by atoms with Crippen molar-refractivity contribution in [1.29, 1.82) is 0 Å². The Kier molecular flexibility index (Phi) is 4.57. The van der Waals surface area contributed by atoms with Crippen molar-refractivity contribution in [2.75, 3.05) is 6.61 Å². The zero-order chi connectivity index (χ0) is 17.3. The molecule has 0 bridgehead atoms. The molecule has 0 saturated heterocycles. The van der Waals surface area contributed by atoms with Crippen LogP contribution in [0.4, 0.5) is 0 Å². The summed E-state index contributed by atoms with van der Waals surface area (Å²) in [7, 11) is 0. The fourth-order valence-electron chi connectivity index (χ4n) is 2.52. The van der Waals surface area contributed by atoms with Crippen LogP contribution in [0.15, 0.2) is 32.2 Å². The second kappa shape index (κ2) is 6.65. The standard InChI is InChI=1S/C17H17ClN2O4/c1-3-5-6-20-16(21)11-7-10-8-12(18)14(23-4-2)9-13(10)24-15(11)19-17(20)22/h7-9H,3-6H2,1-2H3. The van der Waals surface area contributed by atoms with Crippen molar-refractivity contribution in [2.24, 2.45) is 0 Å². The molecule has 1 aromatic carbocycles. The molecule has 2 aliphatic rings. The minimum Gasteiger partial charge on any atom is -0.492 e. The fourth-order valence-corrected chi connectivity index (χ4v) is 2.75. The number of unbranched alkanes of at least 4 members (excludes halogenated alkanes) is 1. The molecule has 2 aliphatic heterocycles. The molecule has 0 aliphatic carbocycles. The molecule has 0 unspecified atom stereocenters. The van der Waals surface area contributed by atoms with Crippen LogP contribution in [0.1, 0.15) is 26.7 Å². The van der Waals surface area contributed by atoms with Gasteiger partial charge in [-0.3, -0.25) is 9.36 Å². The maximum atomic E-state index is 12.6. The number of rotatable bonds is 5. The first-order chi connectivity index (χ1) is 11.5. The van der Waals surface area contributed by atoms with Gasteiger partial charge >= 0.3 is 5.69 Å². The number of hydrogen-bond donors (Lipinski definition) is 0. The number of nitrogens with zero attached hydrogens (tertiary/aromatic N) is 2. The molecule has 0 radical (unpaired) electrons. The van der Waals surface area contributed by atoms with E-state index in [0.29, 0.717) is 34.9 Å². The van der Waals surface area contributed by atoms with Gasteiger partial charge in [-0.2, -0.15) is 4.98 Å². The van der Waals surface area contributed by atoms with E-state index in [4.69, 9.17) is 20.8 Å². The predicted molar refractivity (Wildman–Crippen MR) is 92.2 cm³/mol. The summed E-state index contributed by atoms with van der Waals surface area (Å²) >= 11 is 6.18. The zero-order valence-corrected chi connectivity index (χ0v) is 14.2. The van der Waals surface area contributed by atoms with E-state index in [0.717, 1.165) is 17.4 Å². The largest absolute Gasteiger partial charge is 0.492 e. The van der Waals surface area contributed by atoms with E-state index in [-0.39, 0.29) is 11.5 Å². The van der Waals surface area contributed by atoms with Crippen LogP contribution in [-0.4, -0.2) is 16.2 Å². The monoisotopic (exact) mass is 348 g/mol. The highest BCUT2D eigenvalue weighted by Gasteiger charge is 2.18. The van der Waals surface area contributed by atoms with Gasteiger partial charge in [-0.1, -0.05) is 24.9 Å². The van der Waals surface area contributed by atoms with Gasteiger partial charge in [-0.25, -0.2) is 4.79 Å². The van der Waals surface area contributed by atoms with Crippen LogP contribution < -0.4 is 16.0 Å². The number of halogens is 1. The van der Waals surface area contributed by atoms with Gasteiger partial charge in [0.15, 0.2) is 0 Å². The lowest BCUT2D eigenvalue weighted by Gasteiger charge is -2.11. The van der Waals surface area contributed by atoms with Crippen molar-refractivity contribution in [3.8, 4) is 17.2 Å².